The Labute approximate surface area is 184 Å². The standard InChI is InChI=1S/C22H20ClNO2S3/c1-22(2,16-7-8-27-14-16)17-11-18(23)13-20(12-17)24(29(3,25)26)19-4-5-21-15(10-19)6-9-28-21/h4-14H,1-3H3. The number of halogens is 1. The molecule has 0 fully saturated rings. The molecule has 7 heteroatoms. The molecule has 2 aromatic heterocycles. The molecule has 2 aromatic carbocycles. The molecule has 0 radical (unpaired) electrons. The van der Waals surface area contributed by atoms with Crippen molar-refractivity contribution in [2.45, 2.75) is 19.3 Å². The number of nitrogens with zero attached hydrogens (tertiary/aromatic N) is 1. The summed E-state index contributed by atoms with van der Waals surface area (Å²) >= 11 is 9.73. The van der Waals surface area contributed by atoms with E-state index in [1.807, 2.05) is 47.2 Å². The molecule has 0 N–H and O–H groups in total. The van der Waals surface area contributed by atoms with Crippen LogP contribution in [-0.4, -0.2) is 14.7 Å². The maximum absolute atomic E-state index is 12.8. The molecule has 0 aliphatic rings. The lowest BCUT2D eigenvalue weighted by molar-refractivity contribution is 0.602. The van der Waals surface area contributed by atoms with Crippen LogP contribution in [0, 0.1) is 0 Å². The number of hydrogen-bond donors (Lipinski definition) is 0. The molecule has 150 valence electrons. The molecule has 0 aliphatic heterocycles. The van der Waals surface area contributed by atoms with Gasteiger partial charge in [-0.3, -0.25) is 0 Å². The summed E-state index contributed by atoms with van der Waals surface area (Å²) in [6.07, 6.45) is 1.22. The second kappa shape index (κ2) is 7.43. The topological polar surface area (TPSA) is 37.4 Å². The lowest BCUT2D eigenvalue weighted by Gasteiger charge is -2.28. The Bertz CT molecular complexity index is 1270. The Kier molecular flexibility index (Phi) is 5.23. The van der Waals surface area contributed by atoms with Gasteiger partial charge in [0.2, 0.25) is 10.0 Å². The van der Waals surface area contributed by atoms with Gasteiger partial charge in [0.05, 0.1) is 17.6 Å². The first kappa shape index (κ1) is 20.4. The van der Waals surface area contributed by atoms with Gasteiger partial charge in [-0.05, 0) is 81.2 Å². The number of benzene rings is 2. The summed E-state index contributed by atoms with van der Waals surface area (Å²) in [5.41, 5.74) is 2.96. The summed E-state index contributed by atoms with van der Waals surface area (Å²) in [7, 11) is -3.58. The van der Waals surface area contributed by atoms with Gasteiger partial charge in [0.15, 0.2) is 0 Å². The molecule has 4 aromatic rings. The fourth-order valence-corrected chi connectivity index (χ4v) is 6.26. The second-order valence-corrected chi connectivity index (χ2v) is 11.5. The molecule has 2 heterocycles. The smallest absolute Gasteiger partial charge is 0.236 e. The molecule has 3 nitrogen and oxygen atoms in total. The van der Waals surface area contributed by atoms with Crippen molar-refractivity contribution in [1.82, 2.24) is 0 Å². The van der Waals surface area contributed by atoms with Gasteiger partial charge in [-0.2, -0.15) is 11.3 Å². The van der Waals surface area contributed by atoms with E-state index >= 15 is 0 Å². The van der Waals surface area contributed by atoms with Gasteiger partial charge in [-0.1, -0.05) is 25.4 Å². The number of hydrogen-bond acceptors (Lipinski definition) is 4. The Morgan fingerprint density at radius 1 is 0.931 bits per heavy atom. The van der Waals surface area contributed by atoms with Crippen LogP contribution < -0.4 is 4.31 Å². The van der Waals surface area contributed by atoms with E-state index in [1.165, 1.54) is 16.1 Å². The van der Waals surface area contributed by atoms with Crippen LogP contribution in [0.5, 0.6) is 0 Å². The highest BCUT2D eigenvalue weighted by Crippen LogP contribution is 2.39. The van der Waals surface area contributed by atoms with Crippen molar-refractivity contribution < 1.29 is 8.42 Å². The summed E-state index contributed by atoms with van der Waals surface area (Å²) in [4.78, 5) is 0. The van der Waals surface area contributed by atoms with E-state index in [1.54, 1.807) is 28.7 Å². The molecule has 0 amide bonds. The number of anilines is 2. The molecule has 0 saturated carbocycles. The van der Waals surface area contributed by atoms with Crippen molar-refractivity contribution in [2.24, 2.45) is 0 Å². The summed E-state index contributed by atoms with van der Waals surface area (Å²) in [5.74, 6) is 0. The largest absolute Gasteiger partial charge is 0.239 e. The van der Waals surface area contributed by atoms with Crippen LogP contribution >= 0.6 is 34.3 Å². The summed E-state index contributed by atoms with van der Waals surface area (Å²) in [5, 5.41) is 7.68. The maximum atomic E-state index is 12.8. The predicted octanol–water partition coefficient (Wildman–Crippen LogP) is 7.04. The number of thiophene rings is 2. The minimum atomic E-state index is -3.58. The van der Waals surface area contributed by atoms with E-state index in [2.05, 4.69) is 25.3 Å². The highest BCUT2D eigenvalue weighted by molar-refractivity contribution is 7.92. The van der Waals surface area contributed by atoms with Crippen LogP contribution in [0.2, 0.25) is 5.02 Å². The lowest BCUT2D eigenvalue weighted by atomic mass is 9.79. The summed E-state index contributed by atoms with van der Waals surface area (Å²) in [6, 6.07) is 15.3. The van der Waals surface area contributed by atoms with Crippen LogP contribution in [0.3, 0.4) is 0 Å². The quantitative estimate of drug-likeness (QED) is 0.319. The average molecular weight is 462 g/mol. The minimum absolute atomic E-state index is 0.305. The molecule has 0 saturated heterocycles. The molecule has 4 rings (SSSR count). The van der Waals surface area contributed by atoms with Crippen LogP contribution in [0.1, 0.15) is 25.0 Å². The zero-order valence-electron chi connectivity index (χ0n) is 16.2. The highest BCUT2D eigenvalue weighted by Gasteiger charge is 2.27. The van der Waals surface area contributed by atoms with Gasteiger partial charge >= 0.3 is 0 Å². The normalized spacial score (nSPS) is 12.4. The molecule has 29 heavy (non-hydrogen) atoms. The first-order chi connectivity index (χ1) is 13.7. The van der Waals surface area contributed by atoms with Gasteiger partial charge < -0.3 is 0 Å². The summed E-state index contributed by atoms with van der Waals surface area (Å²) in [6.45, 7) is 4.24. The second-order valence-electron chi connectivity index (χ2n) is 7.51. The van der Waals surface area contributed by atoms with Crippen molar-refractivity contribution in [2.75, 3.05) is 10.6 Å². The SMILES string of the molecule is CC(C)(c1ccsc1)c1cc(Cl)cc(N(c2ccc3sccc3c2)S(C)(=O)=O)c1. The molecule has 0 bridgehead atoms. The average Bonchev–Trinajstić information content (AvgIpc) is 3.32. The molecule has 0 atom stereocenters. The Hall–Kier alpha value is -1.86. The van der Waals surface area contributed by atoms with Crippen LogP contribution in [0.4, 0.5) is 11.4 Å². The predicted molar refractivity (Wildman–Crippen MR) is 127 cm³/mol. The van der Waals surface area contributed by atoms with Crippen LogP contribution in [0.15, 0.2) is 64.7 Å². The van der Waals surface area contributed by atoms with Gasteiger partial charge in [-0.25, -0.2) is 12.7 Å². The first-order valence-electron chi connectivity index (χ1n) is 8.97. The number of fused-ring (bicyclic) bond motifs is 1. The molecule has 0 aliphatic carbocycles. The Morgan fingerprint density at radius 3 is 2.41 bits per heavy atom. The van der Waals surface area contributed by atoms with E-state index in [9.17, 15) is 8.42 Å². The zero-order valence-corrected chi connectivity index (χ0v) is 19.4. The van der Waals surface area contributed by atoms with E-state index in [0.717, 1.165) is 15.6 Å². The van der Waals surface area contributed by atoms with E-state index in [0.29, 0.717) is 16.4 Å². The van der Waals surface area contributed by atoms with Gasteiger partial charge in [0.1, 0.15) is 0 Å². The van der Waals surface area contributed by atoms with Crippen molar-refractivity contribution >= 4 is 65.8 Å². The fraction of sp³-hybridized carbons (Fsp3) is 0.182. The van der Waals surface area contributed by atoms with E-state index in [4.69, 9.17) is 11.6 Å². The maximum Gasteiger partial charge on any atom is 0.236 e. The van der Waals surface area contributed by atoms with Gasteiger partial charge in [0.25, 0.3) is 0 Å². The number of rotatable bonds is 5. The zero-order chi connectivity index (χ0) is 20.8. The fourth-order valence-electron chi connectivity index (χ4n) is 3.45. The van der Waals surface area contributed by atoms with E-state index in [-0.39, 0.29) is 5.41 Å². The van der Waals surface area contributed by atoms with Crippen LogP contribution in [0.25, 0.3) is 10.1 Å². The summed E-state index contributed by atoms with van der Waals surface area (Å²) < 4.78 is 28.1. The third-order valence-electron chi connectivity index (χ3n) is 5.08. The van der Waals surface area contributed by atoms with E-state index < -0.39 is 10.0 Å². The molecule has 0 spiro atoms. The third kappa shape index (κ3) is 3.94. The van der Waals surface area contributed by atoms with Crippen molar-refractivity contribution in [3.63, 3.8) is 0 Å². The first-order valence-corrected chi connectivity index (χ1v) is 13.0. The van der Waals surface area contributed by atoms with Crippen molar-refractivity contribution in [1.29, 1.82) is 0 Å². The Morgan fingerprint density at radius 2 is 1.72 bits per heavy atom. The molecular formula is C22H20ClNO2S3. The van der Waals surface area contributed by atoms with Crippen LogP contribution in [-0.2, 0) is 15.4 Å². The lowest BCUT2D eigenvalue weighted by Crippen LogP contribution is -2.26. The Balaban J connectivity index is 1.89. The monoisotopic (exact) mass is 461 g/mol. The number of sulfonamides is 1. The third-order valence-corrected chi connectivity index (χ3v) is 7.97. The van der Waals surface area contributed by atoms with Crippen molar-refractivity contribution in [3.8, 4) is 0 Å². The van der Waals surface area contributed by atoms with Gasteiger partial charge in [-0.15, -0.1) is 11.3 Å². The minimum Gasteiger partial charge on any atom is -0.239 e. The molecular weight excluding hydrogens is 442 g/mol. The van der Waals surface area contributed by atoms with Crippen molar-refractivity contribution in [3.05, 3.63) is 80.8 Å². The molecule has 0 unspecified atom stereocenters. The van der Waals surface area contributed by atoms with Gasteiger partial charge in [0, 0.05) is 15.1 Å². The highest BCUT2D eigenvalue weighted by atomic mass is 35.5.